The molecule has 0 atom stereocenters. The van der Waals surface area contributed by atoms with Gasteiger partial charge in [-0.3, -0.25) is 4.68 Å². The number of rotatable bonds is 5. The summed E-state index contributed by atoms with van der Waals surface area (Å²) in [4.78, 5) is 2.07. The van der Waals surface area contributed by atoms with Crippen LogP contribution in [0, 0.1) is 6.92 Å². The highest BCUT2D eigenvalue weighted by molar-refractivity contribution is 5.65. The van der Waals surface area contributed by atoms with Crippen molar-refractivity contribution in [3.8, 4) is 0 Å². The molecule has 2 N–H and O–H groups in total. The van der Waals surface area contributed by atoms with E-state index in [0.29, 0.717) is 6.61 Å². The summed E-state index contributed by atoms with van der Waals surface area (Å²) < 4.78 is 7.31. The highest BCUT2D eigenvalue weighted by Crippen LogP contribution is 2.23. The zero-order chi connectivity index (χ0) is 12.3. The molecule has 0 spiro atoms. The summed E-state index contributed by atoms with van der Waals surface area (Å²) in [5.74, 6) is 0.949. The van der Waals surface area contributed by atoms with E-state index in [1.54, 1.807) is 4.68 Å². The number of ether oxygens (including phenoxy) is 1. The molecule has 1 rings (SSSR count). The predicted octanol–water partition coefficient (Wildman–Crippen LogP) is 1.17. The van der Waals surface area contributed by atoms with Crippen LogP contribution in [0.2, 0.25) is 0 Å². The molecule has 5 heteroatoms. The summed E-state index contributed by atoms with van der Waals surface area (Å²) in [7, 11) is 3.90. The molecule has 0 aliphatic heterocycles. The van der Waals surface area contributed by atoms with Gasteiger partial charge in [0, 0.05) is 20.6 Å². The van der Waals surface area contributed by atoms with Crippen LogP contribution < -0.4 is 10.6 Å². The molecule has 0 aromatic carbocycles. The molecule has 0 bridgehead atoms. The number of aromatic nitrogens is 2. The minimum Gasteiger partial charge on any atom is -0.394 e. The third kappa shape index (κ3) is 2.88. The Bertz CT molecular complexity index is 346. The fourth-order valence-electron chi connectivity index (χ4n) is 1.65. The highest BCUT2D eigenvalue weighted by Gasteiger charge is 2.13. The maximum absolute atomic E-state index is 5.97. The molecule has 0 saturated carbocycles. The van der Waals surface area contributed by atoms with Crippen molar-refractivity contribution in [3.63, 3.8) is 0 Å². The number of likely N-dealkylation sites (N-methyl/N-ethyl adjacent to an activating group) is 1. The number of nitrogen functional groups attached to an aromatic ring is 1. The van der Waals surface area contributed by atoms with Gasteiger partial charge in [0.2, 0.25) is 0 Å². The van der Waals surface area contributed by atoms with Crippen LogP contribution in [0.4, 0.5) is 11.5 Å². The maximum atomic E-state index is 5.97. The fourth-order valence-corrected chi connectivity index (χ4v) is 1.65. The molecule has 0 unspecified atom stereocenters. The molecule has 1 aromatic rings. The third-order valence-electron chi connectivity index (χ3n) is 2.48. The Morgan fingerprint density at radius 1 is 1.50 bits per heavy atom. The van der Waals surface area contributed by atoms with E-state index in [1.807, 2.05) is 34.9 Å². The Hall–Kier alpha value is -1.23. The maximum Gasteiger partial charge on any atom is 0.150 e. The molecular weight excluding hydrogens is 204 g/mol. The first-order valence-corrected chi connectivity index (χ1v) is 5.55. The molecule has 0 radical (unpaired) electrons. The topological polar surface area (TPSA) is 56.3 Å². The lowest BCUT2D eigenvalue weighted by atomic mass is 10.3. The molecule has 16 heavy (non-hydrogen) atoms. The largest absolute Gasteiger partial charge is 0.394 e. The fraction of sp³-hybridized carbons (Fsp3) is 0.727. The average Bonchev–Trinajstić information content (AvgIpc) is 2.40. The van der Waals surface area contributed by atoms with Crippen molar-refractivity contribution in [3.05, 3.63) is 5.69 Å². The predicted molar refractivity (Wildman–Crippen MR) is 66.7 cm³/mol. The normalized spacial score (nSPS) is 11.1. The van der Waals surface area contributed by atoms with Gasteiger partial charge in [-0.05, 0) is 20.8 Å². The molecule has 0 fully saturated rings. The van der Waals surface area contributed by atoms with Crippen molar-refractivity contribution >= 4 is 11.5 Å². The summed E-state index contributed by atoms with van der Waals surface area (Å²) in [5.41, 5.74) is 7.58. The Labute approximate surface area is 97.2 Å². The molecule has 1 aromatic heterocycles. The summed E-state index contributed by atoms with van der Waals surface area (Å²) >= 11 is 0. The lowest BCUT2D eigenvalue weighted by molar-refractivity contribution is 0.0845. The van der Waals surface area contributed by atoms with E-state index in [0.717, 1.165) is 23.7 Å². The summed E-state index contributed by atoms with van der Waals surface area (Å²) in [6.45, 7) is 7.47. The van der Waals surface area contributed by atoms with Crippen LogP contribution in [-0.4, -0.2) is 36.1 Å². The van der Waals surface area contributed by atoms with E-state index in [1.165, 1.54) is 0 Å². The van der Waals surface area contributed by atoms with Crippen molar-refractivity contribution in [2.45, 2.75) is 26.9 Å². The zero-order valence-corrected chi connectivity index (χ0v) is 10.8. The van der Waals surface area contributed by atoms with Gasteiger partial charge in [-0.2, -0.15) is 5.10 Å². The van der Waals surface area contributed by atoms with Crippen molar-refractivity contribution < 1.29 is 4.74 Å². The number of anilines is 2. The number of nitrogens with zero attached hydrogens (tertiary/aromatic N) is 3. The van der Waals surface area contributed by atoms with Gasteiger partial charge in [0.05, 0.1) is 24.1 Å². The number of aryl methyl sites for hydroxylation is 2. The van der Waals surface area contributed by atoms with Gasteiger partial charge in [0.1, 0.15) is 5.82 Å². The van der Waals surface area contributed by atoms with Crippen LogP contribution in [0.25, 0.3) is 0 Å². The molecule has 0 aliphatic rings. The lowest BCUT2D eigenvalue weighted by Crippen LogP contribution is -2.26. The lowest BCUT2D eigenvalue weighted by Gasteiger charge is -2.20. The zero-order valence-electron chi connectivity index (χ0n) is 10.8. The minimum absolute atomic E-state index is 0.263. The Morgan fingerprint density at radius 2 is 2.12 bits per heavy atom. The van der Waals surface area contributed by atoms with Crippen LogP contribution in [0.1, 0.15) is 19.5 Å². The van der Waals surface area contributed by atoms with Crippen molar-refractivity contribution in [1.82, 2.24) is 9.78 Å². The molecule has 5 nitrogen and oxygen atoms in total. The number of hydrogen-bond acceptors (Lipinski definition) is 4. The second-order valence-electron chi connectivity index (χ2n) is 4.29. The monoisotopic (exact) mass is 226 g/mol. The molecular formula is C11H22N4O. The van der Waals surface area contributed by atoms with Gasteiger partial charge in [0.15, 0.2) is 0 Å². The van der Waals surface area contributed by atoms with Crippen molar-refractivity contribution in [2.75, 3.05) is 30.8 Å². The van der Waals surface area contributed by atoms with Gasteiger partial charge < -0.3 is 15.4 Å². The molecule has 0 aliphatic carbocycles. The van der Waals surface area contributed by atoms with E-state index in [4.69, 9.17) is 10.5 Å². The smallest absolute Gasteiger partial charge is 0.150 e. The van der Waals surface area contributed by atoms with E-state index in [-0.39, 0.29) is 6.10 Å². The Balaban J connectivity index is 2.62. The molecule has 0 amide bonds. The molecule has 1 heterocycles. The van der Waals surface area contributed by atoms with E-state index >= 15 is 0 Å². The molecule has 92 valence electrons. The Morgan fingerprint density at radius 3 is 2.56 bits per heavy atom. The minimum atomic E-state index is 0.263. The number of hydrogen-bond donors (Lipinski definition) is 1. The molecule has 0 saturated heterocycles. The summed E-state index contributed by atoms with van der Waals surface area (Å²) in [6.07, 6.45) is 0.263. The van der Waals surface area contributed by atoms with Crippen LogP contribution in [-0.2, 0) is 11.8 Å². The second-order valence-corrected chi connectivity index (χ2v) is 4.29. The van der Waals surface area contributed by atoms with Crippen LogP contribution >= 0.6 is 0 Å². The second kappa shape index (κ2) is 5.21. The van der Waals surface area contributed by atoms with Gasteiger partial charge in [-0.15, -0.1) is 0 Å². The number of nitrogens with two attached hydrogens (primary N) is 1. The quantitative estimate of drug-likeness (QED) is 0.819. The van der Waals surface area contributed by atoms with E-state index < -0.39 is 0 Å². The van der Waals surface area contributed by atoms with Gasteiger partial charge >= 0.3 is 0 Å². The van der Waals surface area contributed by atoms with Crippen LogP contribution in [0.3, 0.4) is 0 Å². The third-order valence-corrected chi connectivity index (χ3v) is 2.48. The van der Waals surface area contributed by atoms with Crippen LogP contribution in [0.15, 0.2) is 0 Å². The Kier molecular flexibility index (Phi) is 4.18. The average molecular weight is 226 g/mol. The SMILES string of the molecule is Cc1nn(C)c(N(C)CCOC(C)C)c1N. The van der Waals surface area contributed by atoms with E-state index in [9.17, 15) is 0 Å². The van der Waals surface area contributed by atoms with Crippen LogP contribution in [0.5, 0.6) is 0 Å². The first-order chi connectivity index (χ1) is 7.43. The standard InChI is InChI=1S/C11H22N4O/c1-8(2)16-7-6-14(4)11-10(12)9(3)13-15(11)5/h8H,6-7,12H2,1-5H3. The first kappa shape index (κ1) is 12.8. The van der Waals surface area contributed by atoms with E-state index in [2.05, 4.69) is 10.00 Å². The highest BCUT2D eigenvalue weighted by atomic mass is 16.5. The van der Waals surface area contributed by atoms with Crippen molar-refractivity contribution in [1.29, 1.82) is 0 Å². The van der Waals surface area contributed by atoms with Gasteiger partial charge in [-0.1, -0.05) is 0 Å². The first-order valence-electron chi connectivity index (χ1n) is 5.55. The van der Waals surface area contributed by atoms with Gasteiger partial charge in [0.25, 0.3) is 0 Å². The summed E-state index contributed by atoms with van der Waals surface area (Å²) in [6, 6.07) is 0. The summed E-state index contributed by atoms with van der Waals surface area (Å²) in [5, 5.41) is 4.28. The van der Waals surface area contributed by atoms with Gasteiger partial charge in [-0.25, -0.2) is 0 Å². The van der Waals surface area contributed by atoms with Crippen molar-refractivity contribution in [2.24, 2.45) is 7.05 Å².